The normalized spacial score (nSPS) is 12.1. The monoisotopic (exact) mass is 291 g/mol. The van der Waals surface area contributed by atoms with Crippen molar-refractivity contribution < 1.29 is 13.2 Å². The first-order valence-electron chi connectivity index (χ1n) is 5.61. The molecular weight excluding hydrogens is 274 g/mol. The lowest BCUT2D eigenvalue weighted by Gasteiger charge is -2.18. The average Bonchev–Trinajstić information content (AvgIpc) is 2.32. The highest BCUT2D eigenvalue weighted by molar-refractivity contribution is 7.89. The second-order valence-corrected chi connectivity index (χ2v) is 6.53. The fourth-order valence-electron chi connectivity index (χ4n) is 1.57. The molecule has 0 aliphatic rings. The molecule has 0 bridgehead atoms. The van der Waals surface area contributed by atoms with E-state index in [0.29, 0.717) is 30.2 Å². The van der Waals surface area contributed by atoms with Gasteiger partial charge in [-0.1, -0.05) is 17.7 Å². The Kier molecular flexibility index (Phi) is 5.59. The van der Waals surface area contributed by atoms with Crippen LogP contribution in [0.5, 0.6) is 0 Å². The van der Waals surface area contributed by atoms with E-state index in [2.05, 4.69) is 0 Å². The van der Waals surface area contributed by atoms with Crippen LogP contribution < -0.4 is 0 Å². The Bertz CT molecular complexity index is 502. The molecule has 0 aromatic heterocycles. The summed E-state index contributed by atoms with van der Waals surface area (Å²) in [5.41, 5.74) is 0.693. The molecule has 0 amide bonds. The Morgan fingerprint density at radius 2 is 2.06 bits per heavy atom. The molecule has 1 rings (SSSR count). The van der Waals surface area contributed by atoms with Crippen LogP contribution in [0.25, 0.3) is 0 Å². The third kappa shape index (κ3) is 3.68. The Balaban J connectivity index is 2.95. The molecule has 0 radical (unpaired) electrons. The van der Waals surface area contributed by atoms with E-state index in [1.54, 1.807) is 33.2 Å². The third-order valence-corrected chi connectivity index (χ3v) is 4.89. The molecule has 1 aromatic rings. The molecule has 0 saturated heterocycles. The maximum Gasteiger partial charge on any atom is 0.243 e. The van der Waals surface area contributed by atoms with Gasteiger partial charge >= 0.3 is 0 Å². The number of halogens is 1. The second-order valence-electron chi connectivity index (χ2n) is 4.08. The Morgan fingerprint density at radius 1 is 1.39 bits per heavy atom. The summed E-state index contributed by atoms with van der Waals surface area (Å²) in [6.07, 6.45) is 0.659. The Hall–Kier alpha value is -0.620. The summed E-state index contributed by atoms with van der Waals surface area (Å²) in [4.78, 5) is 0.259. The van der Waals surface area contributed by atoms with Gasteiger partial charge in [0.2, 0.25) is 10.0 Å². The van der Waals surface area contributed by atoms with Crippen molar-refractivity contribution in [3.05, 3.63) is 28.8 Å². The van der Waals surface area contributed by atoms with Crippen molar-refractivity contribution >= 4 is 21.6 Å². The molecule has 0 fully saturated rings. The van der Waals surface area contributed by atoms with Crippen LogP contribution in [-0.4, -0.2) is 40.0 Å². The van der Waals surface area contributed by atoms with Crippen LogP contribution in [0.3, 0.4) is 0 Å². The summed E-state index contributed by atoms with van der Waals surface area (Å²) in [5.74, 6) is 0. The van der Waals surface area contributed by atoms with Gasteiger partial charge in [-0.25, -0.2) is 12.7 Å². The van der Waals surface area contributed by atoms with Crippen molar-refractivity contribution in [3.8, 4) is 0 Å². The van der Waals surface area contributed by atoms with Gasteiger partial charge < -0.3 is 4.74 Å². The summed E-state index contributed by atoms with van der Waals surface area (Å²) < 4.78 is 30.9. The van der Waals surface area contributed by atoms with Gasteiger partial charge in [0.15, 0.2) is 0 Å². The molecule has 102 valence electrons. The van der Waals surface area contributed by atoms with Crippen LogP contribution in [0.2, 0.25) is 5.02 Å². The first-order chi connectivity index (χ1) is 8.39. The van der Waals surface area contributed by atoms with E-state index in [1.165, 1.54) is 10.4 Å². The van der Waals surface area contributed by atoms with E-state index in [1.807, 2.05) is 0 Å². The maximum atomic E-state index is 12.3. The molecule has 0 unspecified atom stereocenters. The largest absolute Gasteiger partial charge is 0.385 e. The maximum absolute atomic E-state index is 12.3. The summed E-state index contributed by atoms with van der Waals surface area (Å²) in [6, 6.07) is 4.87. The molecule has 18 heavy (non-hydrogen) atoms. The highest BCUT2D eigenvalue weighted by Crippen LogP contribution is 2.22. The zero-order valence-corrected chi connectivity index (χ0v) is 12.4. The number of methoxy groups -OCH3 is 1. The highest BCUT2D eigenvalue weighted by atomic mass is 35.5. The lowest BCUT2D eigenvalue weighted by Crippen LogP contribution is -2.29. The molecule has 1 aromatic carbocycles. The van der Waals surface area contributed by atoms with E-state index in [9.17, 15) is 8.42 Å². The van der Waals surface area contributed by atoms with Gasteiger partial charge in [-0.05, 0) is 31.0 Å². The molecular formula is C12H18ClNO3S. The van der Waals surface area contributed by atoms with Crippen LogP contribution in [-0.2, 0) is 14.8 Å². The van der Waals surface area contributed by atoms with Crippen LogP contribution in [0.1, 0.15) is 12.0 Å². The number of aryl methyl sites for hydroxylation is 1. The van der Waals surface area contributed by atoms with Gasteiger partial charge in [-0.3, -0.25) is 0 Å². The van der Waals surface area contributed by atoms with Crippen molar-refractivity contribution in [2.45, 2.75) is 18.2 Å². The van der Waals surface area contributed by atoms with Crippen LogP contribution in [0, 0.1) is 6.92 Å². The van der Waals surface area contributed by atoms with Crippen LogP contribution in [0.15, 0.2) is 23.1 Å². The molecule has 0 atom stereocenters. The molecule has 0 spiro atoms. The fourth-order valence-corrected chi connectivity index (χ4v) is 3.26. The van der Waals surface area contributed by atoms with Gasteiger partial charge in [0, 0.05) is 32.3 Å². The van der Waals surface area contributed by atoms with Gasteiger partial charge in [-0.15, -0.1) is 0 Å². The van der Waals surface area contributed by atoms with E-state index in [4.69, 9.17) is 16.3 Å². The van der Waals surface area contributed by atoms with Crippen molar-refractivity contribution in [1.82, 2.24) is 4.31 Å². The molecule has 0 saturated carbocycles. The second kappa shape index (κ2) is 6.52. The summed E-state index contributed by atoms with van der Waals surface area (Å²) in [6.45, 7) is 2.71. The topological polar surface area (TPSA) is 46.6 Å². The molecule has 0 aliphatic carbocycles. The van der Waals surface area contributed by atoms with Gasteiger partial charge in [0.1, 0.15) is 0 Å². The van der Waals surface area contributed by atoms with Gasteiger partial charge in [0.25, 0.3) is 0 Å². The number of rotatable bonds is 6. The van der Waals surface area contributed by atoms with E-state index in [-0.39, 0.29) is 4.90 Å². The smallest absolute Gasteiger partial charge is 0.243 e. The van der Waals surface area contributed by atoms with E-state index in [0.717, 1.165) is 0 Å². The highest BCUT2D eigenvalue weighted by Gasteiger charge is 2.22. The first-order valence-corrected chi connectivity index (χ1v) is 7.43. The molecule has 4 nitrogen and oxygen atoms in total. The molecule has 0 heterocycles. The molecule has 0 N–H and O–H groups in total. The van der Waals surface area contributed by atoms with Crippen LogP contribution >= 0.6 is 11.6 Å². The fraction of sp³-hybridized carbons (Fsp3) is 0.500. The van der Waals surface area contributed by atoms with E-state index >= 15 is 0 Å². The van der Waals surface area contributed by atoms with E-state index < -0.39 is 10.0 Å². The van der Waals surface area contributed by atoms with Gasteiger partial charge in [-0.2, -0.15) is 0 Å². The zero-order chi connectivity index (χ0) is 13.8. The van der Waals surface area contributed by atoms with Crippen molar-refractivity contribution in [1.29, 1.82) is 0 Å². The predicted molar refractivity (Wildman–Crippen MR) is 72.5 cm³/mol. The number of benzene rings is 1. The summed E-state index contributed by atoms with van der Waals surface area (Å²) in [7, 11) is -0.326. The Labute approximate surface area is 114 Å². The predicted octanol–water partition coefficient (Wildman–Crippen LogP) is 2.31. The lowest BCUT2D eigenvalue weighted by atomic mass is 10.2. The number of nitrogens with zero attached hydrogens (tertiary/aromatic N) is 1. The average molecular weight is 292 g/mol. The zero-order valence-electron chi connectivity index (χ0n) is 10.8. The quantitative estimate of drug-likeness (QED) is 0.756. The van der Waals surface area contributed by atoms with Crippen molar-refractivity contribution in [2.24, 2.45) is 0 Å². The summed E-state index contributed by atoms with van der Waals surface area (Å²) in [5, 5.41) is 0.421. The van der Waals surface area contributed by atoms with Crippen molar-refractivity contribution in [3.63, 3.8) is 0 Å². The van der Waals surface area contributed by atoms with Crippen molar-refractivity contribution in [2.75, 3.05) is 27.3 Å². The number of ether oxygens (including phenoxy) is 1. The first kappa shape index (κ1) is 15.4. The third-order valence-electron chi connectivity index (χ3n) is 2.66. The summed E-state index contributed by atoms with van der Waals surface area (Å²) >= 11 is 5.85. The molecule has 6 heteroatoms. The lowest BCUT2D eigenvalue weighted by molar-refractivity contribution is 0.189. The standard InChI is InChI=1S/C12H18ClNO3S/c1-10-5-6-11(13)9-12(10)18(15,16)14(2)7-4-8-17-3/h5-6,9H,4,7-8H2,1-3H3. The van der Waals surface area contributed by atoms with Crippen LogP contribution in [0.4, 0.5) is 0 Å². The SMILES string of the molecule is COCCCN(C)S(=O)(=O)c1cc(Cl)ccc1C. The number of sulfonamides is 1. The minimum Gasteiger partial charge on any atom is -0.385 e. The number of hydrogen-bond donors (Lipinski definition) is 0. The molecule has 0 aliphatic heterocycles. The number of hydrogen-bond acceptors (Lipinski definition) is 3. The minimum atomic E-state index is -3.48. The minimum absolute atomic E-state index is 0.259. The Morgan fingerprint density at radius 3 is 2.67 bits per heavy atom. The van der Waals surface area contributed by atoms with Gasteiger partial charge in [0.05, 0.1) is 4.90 Å².